The quantitative estimate of drug-likeness (QED) is 0.870. The molecule has 3 rings (SSSR count). The summed E-state index contributed by atoms with van der Waals surface area (Å²) in [5.74, 6) is 0. The van der Waals surface area contributed by atoms with Crippen molar-refractivity contribution in [1.82, 2.24) is 10.2 Å². The first-order valence-corrected chi connectivity index (χ1v) is 9.01. The SMILES string of the molecule is CC1c2ccccc2CCN1C(=O)NC(CCCO)c1ccccc1. The van der Waals surface area contributed by atoms with Crippen LogP contribution in [0, 0.1) is 0 Å². The van der Waals surface area contributed by atoms with E-state index in [-0.39, 0.29) is 24.7 Å². The summed E-state index contributed by atoms with van der Waals surface area (Å²) in [7, 11) is 0. The Morgan fingerprint density at radius 3 is 2.68 bits per heavy atom. The van der Waals surface area contributed by atoms with Gasteiger partial charge in [-0.15, -0.1) is 0 Å². The molecule has 132 valence electrons. The molecule has 0 saturated carbocycles. The van der Waals surface area contributed by atoms with Crippen LogP contribution >= 0.6 is 0 Å². The van der Waals surface area contributed by atoms with E-state index in [1.54, 1.807) is 0 Å². The molecule has 0 fully saturated rings. The minimum atomic E-state index is -0.0785. The van der Waals surface area contributed by atoms with E-state index < -0.39 is 0 Å². The van der Waals surface area contributed by atoms with Gasteiger partial charge in [-0.2, -0.15) is 0 Å². The summed E-state index contributed by atoms with van der Waals surface area (Å²) in [6.07, 6.45) is 2.28. The largest absolute Gasteiger partial charge is 0.396 e. The van der Waals surface area contributed by atoms with E-state index in [9.17, 15) is 9.90 Å². The van der Waals surface area contributed by atoms with Crippen LogP contribution < -0.4 is 5.32 Å². The fraction of sp³-hybridized carbons (Fsp3) is 0.381. The third-order valence-electron chi connectivity index (χ3n) is 5.01. The first-order chi connectivity index (χ1) is 12.2. The van der Waals surface area contributed by atoms with E-state index in [1.807, 2.05) is 41.3 Å². The molecule has 0 spiro atoms. The van der Waals surface area contributed by atoms with Gasteiger partial charge in [-0.05, 0) is 42.9 Å². The number of hydrogen-bond donors (Lipinski definition) is 2. The van der Waals surface area contributed by atoms with E-state index in [2.05, 4.69) is 30.4 Å². The third kappa shape index (κ3) is 4.02. The lowest BCUT2D eigenvalue weighted by atomic mass is 9.94. The molecule has 0 saturated heterocycles. The number of benzene rings is 2. The van der Waals surface area contributed by atoms with Gasteiger partial charge in [0.1, 0.15) is 0 Å². The summed E-state index contributed by atoms with van der Waals surface area (Å²) >= 11 is 0. The predicted molar refractivity (Wildman–Crippen MR) is 99.3 cm³/mol. The van der Waals surface area contributed by atoms with Crippen molar-refractivity contribution in [2.75, 3.05) is 13.2 Å². The second kappa shape index (κ2) is 8.17. The van der Waals surface area contributed by atoms with Crippen molar-refractivity contribution in [2.45, 2.75) is 38.3 Å². The van der Waals surface area contributed by atoms with Crippen LogP contribution in [0.1, 0.15) is 48.5 Å². The highest BCUT2D eigenvalue weighted by atomic mass is 16.3. The maximum atomic E-state index is 12.9. The van der Waals surface area contributed by atoms with Crippen molar-refractivity contribution < 1.29 is 9.90 Å². The second-order valence-electron chi connectivity index (χ2n) is 6.60. The lowest BCUT2D eigenvalue weighted by molar-refractivity contribution is 0.169. The molecule has 4 nitrogen and oxygen atoms in total. The Morgan fingerprint density at radius 1 is 1.20 bits per heavy atom. The van der Waals surface area contributed by atoms with E-state index in [1.165, 1.54) is 11.1 Å². The van der Waals surface area contributed by atoms with Crippen LogP contribution in [0.5, 0.6) is 0 Å². The molecule has 2 unspecified atom stereocenters. The number of amides is 2. The van der Waals surface area contributed by atoms with E-state index in [4.69, 9.17) is 0 Å². The molecule has 2 amide bonds. The number of nitrogens with zero attached hydrogens (tertiary/aromatic N) is 1. The fourth-order valence-electron chi connectivity index (χ4n) is 3.58. The summed E-state index contributed by atoms with van der Waals surface area (Å²) < 4.78 is 0. The van der Waals surface area contributed by atoms with Gasteiger partial charge in [-0.1, -0.05) is 54.6 Å². The van der Waals surface area contributed by atoms with Gasteiger partial charge in [0.2, 0.25) is 0 Å². The van der Waals surface area contributed by atoms with Crippen molar-refractivity contribution in [2.24, 2.45) is 0 Å². The molecule has 25 heavy (non-hydrogen) atoms. The molecule has 0 aliphatic carbocycles. The topological polar surface area (TPSA) is 52.6 Å². The van der Waals surface area contributed by atoms with Gasteiger partial charge in [0.25, 0.3) is 0 Å². The number of carbonyl (C=O) groups excluding carboxylic acids is 1. The average Bonchev–Trinajstić information content (AvgIpc) is 2.66. The predicted octanol–water partition coefficient (Wildman–Crippen LogP) is 3.83. The Bertz CT molecular complexity index is 702. The number of aliphatic hydroxyl groups excluding tert-OH is 1. The minimum Gasteiger partial charge on any atom is -0.396 e. The van der Waals surface area contributed by atoms with Gasteiger partial charge in [0.15, 0.2) is 0 Å². The van der Waals surface area contributed by atoms with Gasteiger partial charge < -0.3 is 15.3 Å². The Balaban J connectivity index is 1.73. The second-order valence-corrected chi connectivity index (χ2v) is 6.60. The first kappa shape index (κ1) is 17.5. The standard InChI is InChI=1S/C21H26N2O2/c1-16-19-11-6-5-8-17(19)13-14-23(16)21(25)22-20(12-7-15-24)18-9-3-2-4-10-18/h2-6,8-11,16,20,24H,7,12-15H2,1H3,(H,22,25). The van der Waals surface area contributed by atoms with Crippen molar-refractivity contribution in [3.8, 4) is 0 Å². The fourth-order valence-corrected chi connectivity index (χ4v) is 3.58. The number of nitrogens with one attached hydrogen (secondary N) is 1. The maximum absolute atomic E-state index is 12.9. The molecule has 2 N–H and O–H groups in total. The molecule has 0 radical (unpaired) electrons. The van der Waals surface area contributed by atoms with Crippen molar-refractivity contribution in [3.63, 3.8) is 0 Å². The Labute approximate surface area is 149 Å². The van der Waals surface area contributed by atoms with Crippen LogP contribution in [-0.2, 0) is 6.42 Å². The van der Waals surface area contributed by atoms with E-state index in [0.29, 0.717) is 6.42 Å². The molecule has 2 aromatic rings. The summed E-state index contributed by atoms with van der Waals surface area (Å²) in [4.78, 5) is 14.8. The van der Waals surface area contributed by atoms with Crippen molar-refractivity contribution in [1.29, 1.82) is 0 Å². The molecular formula is C21H26N2O2. The normalized spacial score (nSPS) is 17.7. The highest BCUT2D eigenvalue weighted by molar-refractivity contribution is 5.75. The molecule has 2 atom stereocenters. The van der Waals surface area contributed by atoms with Crippen molar-refractivity contribution >= 4 is 6.03 Å². The molecule has 1 heterocycles. The summed E-state index contributed by atoms with van der Waals surface area (Å²) in [5, 5.41) is 12.3. The summed E-state index contributed by atoms with van der Waals surface area (Å²) in [6.45, 7) is 2.95. The Morgan fingerprint density at radius 2 is 1.92 bits per heavy atom. The summed E-state index contributed by atoms with van der Waals surface area (Å²) in [5.41, 5.74) is 3.64. The van der Waals surface area contributed by atoms with Gasteiger partial charge in [0, 0.05) is 13.2 Å². The third-order valence-corrected chi connectivity index (χ3v) is 5.01. The zero-order valence-corrected chi connectivity index (χ0v) is 14.7. The smallest absolute Gasteiger partial charge is 0.318 e. The van der Waals surface area contributed by atoms with Crippen molar-refractivity contribution in [3.05, 3.63) is 71.3 Å². The molecule has 0 bridgehead atoms. The molecule has 1 aliphatic heterocycles. The monoisotopic (exact) mass is 338 g/mol. The Kier molecular flexibility index (Phi) is 5.71. The van der Waals surface area contributed by atoms with Crippen LogP contribution in [0.25, 0.3) is 0 Å². The average molecular weight is 338 g/mol. The van der Waals surface area contributed by atoms with E-state index in [0.717, 1.165) is 24.9 Å². The highest BCUT2D eigenvalue weighted by Gasteiger charge is 2.28. The van der Waals surface area contributed by atoms with Gasteiger partial charge in [-0.3, -0.25) is 0 Å². The lowest BCUT2D eigenvalue weighted by Crippen LogP contribution is -2.46. The zero-order valence-electron chi connectivity index (χ0n) is 14.7. The highest BCUT2D eigenvalue weighted by Crippen LogP contribution is 2.29. The zero-order chi connectivity index (χ0) is 17.6. The van der Waals surface area contributed by atoms with E-state index >= 15 is 0 Å². The van der Waals surface area contributed by atoms with Gasteiger partial charge in [0.05, 0.1) is 12.1 Å². The minimum absolute atomic E-state index is 0.0335. The van der Waals surface area contributed by atoms with Crippen LogP contribution in [0.3, 0.4) is 0 Å². The van der Waals surface area contributed by atoms with Crippen LogP contribution in [0.4, 0.5) is 4.79 Å². The van der Waals surface area contributed by atoms with Crippen LogP contribution in [0.15, 0.2) is 54.6 Å². The number of fused-ring (bicyclic) bond motifs is 1. The number of aliphatic hydroxyl groups is 1. The van der Waals surface area contributed by atoms with Crippen LogP contribution in [0.2, 0.25) is 0 Å². The number of rotatable bonds is 5. The molecule has 4 heteroatoms. The summed E-state index contributed by atoms with van der Waals surface area (Å²) in [6, 6.07) is 18.3. The number of hydrogen-bond acceptors (Lipinski definition) is 2. The Hall–Kier alpha value is -2.33. The molecule has 2 aromatic carbocycles. The molecular weight excluding hydrogens is 312 g/mol. The molecule has 1 aliphatic rings. The first-order valence-electron chi connectivity index (χ1n) is 9.01. The maximum Gasteiger partial charge on any atom is 0.318 e. The molecule has 0 aromatic heterocycles. The van der Waals surface area contributed by atoms with Gasteiger partial charge >= 0.3 is 6.03 Å². The lowest BCUT2D eigenvalue weighted by Gasteiger charge is -2.36. The number of carbonyl (C=O) groups is 1. The number of urea groups is 1. The van der Waals surface area contributed by atoms with Gasteiger partial charge in [-0.25, -0.2) is 4.79 Å². The van der Waals surface area contributed by atoms with Crippen LogP contribution in [-0.4, -0.2) is 29.2 Å².